The van der Waals surface area contributed by atoms with E-state index in [1.807, 2.05) is 36.4 Å². The molecule has 0 heterocycles. The van der Waals surface area contributed by atoms with Crippen LogP contribution in [0.1, 0.15) is 0 Å². The maximum Gasteiger partial charge on any atom is 0.0417 e. The first-order chi connectivity index (χ1) is 10.7. The largest absolute Gasteiger partial charge is 0.0900 e. The van der Waals surface area contributed by atoms with Crippen LogP contribution in [-0.4, -0.2) is 0 Å². The lowest BCUT2D eigenvalue weighted by atomic mass is 10.4. The summed E-state index contributed by atoms with van der Waals surface area (Å²) in [6.45, 7) is 0. The number of hydrogen-bond donors (Lipinski definition) is 0. The van der Waals surface area contributed by atoms with Crippen molar-refractivity contribution in [3.05, 3.63) is 82.8 Å². The van der Waals surface area contributed by atoms with Gasteiger partial charge in [0.1, 0.15) is 0 Å². The molecule has 0 atom stereocenters. The van der Waals surface area contributed by atoms with Gasteiger partial charge in [0.05, 0.1) is 0 Å². The van der Waals surface area contributed by atoms with Crippen molar-refractivity contribution in [3.63, 3.8) is 0 Å². The molecule has 0 aromatic heterocycles. The SMILES string of the molecule is Clc1cccc(Sc2cccc(Sc3cccc(Cl)c3)c2)c1. The molecular formula is C18H12Cl2S2. The van der Waals surface area contributed by atoms with Crippen molar-refractivity contribution >= 4 is 46.7 Å². The fourth-order valence-electron chi connectivity index (χ4n) is 1.93. The van der Waals surface area contributed by atoms with Crippen LogP contribution in [0.15, 0.2) is 92.4 Å². The van der Waals surface area contributed by atoms with Crippen molar-refractivity contribution in [3.8, 4) is 0 Å². The van der Waals surface area contributed by atoms with Crippen molar-refractivity contribution in [1.82, 2.24) is 0 Å². The Labute approximate surface area is 148 Å². The molecule has 0 aliphatic rings. The fourth-order valence-corrected chi connectivity index (χ4v) is 4.39. The minimum Gasteiger partial charge on any atom is -0.0900 e. The number of hydrogen-bond acceptors (Lipinski definition) is 2. The van der Waals surface area contributed by atoms with E-state index < -0.39 is 0 Å². The van der Waals surface area contributed by atoms with E-state index in [-0.39, 0.29) is 0 Å². The minimum atomic E-state index is 0.759. The van der Waals surface area contributed by atoms with Gasteiger partial charge in [0.25, 0.3) is 0 Å². The zero-order valence-electron chi connectivity index (χ0n) is 11.5. The first-order valence-corrected chi connectivity index (χ1v) is 9.05. The fraction of sp³-hybridized carbons (Fsp3) is 0. The molecular weight excluding hydrogens is 351 g/mol. The zero-order chi connectivity index (χ0) is 15.4. The smallest absolute Gasteiger partial charge is 0.0417 e. The van der Waals surface area contributed by atoms with Crippen molar-refractivity contribution in [2.45, 2.75) is 19.6 Å². The molecule has 0 spiro atoms. The molecule has 0 bridgehead atoms. The second-order valence-corrected chi connectivity index (χ2v) is 7.76. The lowest BCUT2D eigenvalue weighted by Gasteiger charge is -2.06. The highest BCUT2D eigenvalue weighted by molar-refractivity contribution is 8.00. The van der Waals surface area contributed by atoms with Crippen LogP contribution in [0, 0.1) is 0 Å². The summed E-state index contributed by atoms with van der Waals surface area (Å²) in [6.07, 6.45) is 0. The molecule has 3 rings (SSSR count). The van der Waals surface area contributed by atoms with Gasteiger partial charge < -0.3 is 0 Å². The van der Waals surface area contributed by atoms with Gasteiger partial charge in [-0.05, 0) is 54.6 Å². The molecule has 0 saturated heterocycles. The average Bonchev–Trinajstić information content (AvgIpc) is 2.47. The van der Waals surface area contributed by atoms with Gasteiger partial charge in [-0.1, -0.05) is 64.9 Å². The van der Waals surface area contributed by atoms with Gasteiger partial charge >= 0.3 is 0 Å². The van der Waals surface area contributed by atoms with Gasteiger partial charge in [-0.15, -0.1) is 0 Å². The van der Waals surface area contributed by atoms with Crippen molar-refractivity contribution in [1.29, 1.82) is 0 Å². The molecule has 0 saturated carbocycles. The van der Waals surface area contributed by atoms with Crippen LogP contribution in [0.4, 0.5) is 0 Å². The minimum absolute atomic E-state index is 0.759. The highest BCUT2D eigenvalue weighted by Crippen LogP contribution is 2.34. The molecule has 4 heteroatoms. The number of benzene rings is 3. The maximum atomic E-state index is 6.03. The maximum absolute atomic E-state index is 6.03. The molecule has 0 nitrogen and oxygen atoms in total. The Morgan fingerprint density at radius 1 is 0.500 bits per heavy atom. The van der Waals surface area contributed by atoms with Crippen LogP contribution in [0.3, 0.4) is 0 Å². The van der Waals surface area contributed by atoms with Gasteiger partial charge in [0, 0.05) is 29.6 Å². The molecule has 0 radical (unpaired) electrons. The molecule has 0 aliphatic carbocycles. The zero-order valence-corrected chi connectivity index (χ0v) is 14.6. The lowest BCUT2D eigenvalue weighted by molar-refractivity contribution is 1.31. The van der Waals surface area contributed by atoms with Gasteiger partial charge in [0.2, 0.25) is 0 Å². The summed E-state index contributed by atoms with van der Waals surface area (Å²) in [5.74, 6) is 0. The number of halogens is 2. The summed E-state index contributed by atoms with van der Waals surface area (Å²) in [5.41, 5.74) is 0. The van der Waals surface area contributed by atoms with E-state index in [2.05, 4.69) is 36.4 Å². The normalized spacial score (nSPS) is 10.6. The Morgan fingerprint density at radius 2 is 0.864 bits per heavy atom. The van der Waals surface area contributed by atoms with E-state index in [9.17, 15) is 0 Å². The summed E-state index contributed by atoms with van der Waals surface area (Å²) in [6, 6.07) is 24.2. The Balaban J connectivity index is 1.78. The van der Waals surface area contributed by atoms with Gasteiger partial charge in [0.15, 0.2) is 0 Å². The highest BCUT2D eigenvalue weighted by atomic mass is 35.5. The van der Waals surface area contributed by atoms with E-state index >= 15 is 0 Å². The third-order valence-electron chi connectivity index (χ3n) is 2.87. The summed E-state index contributed by atoms with van der Waals surface area (Å²) in [5, 5.41) is 1.52. The van der Waals surface area contributed by atoms with Gasteiger partial charge in [-0.2, -0.15) is 0 Å². The highest BCUT2D eigenvalue weighted by Gasteiger charge is 2.02. The van der Waals surface area contributed by atoms with Crippen LogP contribution >= 0.6 is 46.7 Å². The molecule has 110 valence electrons. The molecule has 0 aliphatic heterocycles. The Morgan fingerprint density at radius 3 is 1.27 bits per heavy atom. The third kappa shape index (κ3) is 4.47. The second-order valence-electron chi connectivity index (χ2n) is 4.59. The van der Waals surface area contributed by atoms with Crippen molar-refractivity contribution < 1.29 is 0 Å². The first-order valence-electron chi connectivity index (χ1n) is 6.66. The van der Waals surface area contributed by atoms with Crippen LogP contribution in [0.25, 0.3) is 0 Å². The molecule has 3 aromatic carbocycles. The summed E-state index contributed by atoms with van der Waals surface area (Å²) < 4.78 is 0. The lowest BCUT2D eigenvalue weighted by Crippen LogP contribution is -1.77. The van der Waals surface area contributed by atoms with E-state index in [4.69, 9.17) is 23.2 Å². The van der Waals surface area contributed by atoms with Gasteiger partial charge in [-0.3, -0.25) is 0 Å². The van der Waals surface area contributed by atoms with Crippen LogP contribution in [-0.2, 0) is 0 Å². The molecule has 0 amide bonds. The molecule has 0 N–H and O–H groups in total. The molecule has 0 unspecified atom stereocenters. The standard InChI is InChI=1S/C18H12Cl2S2/c19-13-4-1-6-15(10-13)21-17-8-3-9-18(12-17)22-16-7-2-5-14(20)11-16/h1-12H. The topological polar surface area (TPSA) is 0 Å². The van der Waals surface area contributed by atoms with Crippen molar-refractivity contribution in [2.24, 2.45) is 0 Å². The first kappa shape index (κ1) is 15.8. The quantitative estimate of drug-likeness (QED) is 0.477. The van der Waals surface area contributed by atoms with Gasteiger partial charge in [-0.25, -0.2) is 0 Å². The van der Waals surface area contributed by atoms with Crippen LogP contribution < -0.4 is 0 Å². The van der Waals surface area contributed by atoms with Crippen LogP contribution in [0.5, 0.6) is 0 Å². The molecule has 0 fully saturated rings. The summed E-state index contributed by atoms with van der Waals surface area (Å²) in [4.78, 5) is 4.65. The monoisotopic (exact) mass is 362 g/mol. The Bertz CT molecular complexity index is 725. The average molecular weight is 363 g/mol. The van der Waals surface area contributed by atoms with E-state index in [0.717, 1.165) is 19.8 Å². The third-order valence-corrected chi connectivity index (χ3v) is 5.30. The van der Waals surface area contributed by atoms with Crippen LogP contribution in [0.2, 0.25) is 10.0 Å². The number of rotatable bonds is 4. The van der Waals surface area contributed by atoms with E-state index in [0.29, 0.717) is 0 Å². The summed E-state index contributed by atoms with van der Waals surface area (Å²) in [7, 11) is 0. The molecule has 3 aromatic rings. The Kier molecular flexibility index (Phi) is 5.37. The predicted molar refractivity (Wildman–Crippen MR) is 97.6 cm³/mol. The van der Waals surface area contributed by atoms with E-state index in [1.165, 1.54) is 9.79 Å². The second kappa shape index (κ2) is 7.47. The van der Waals surface area contributed by atoms with E-state index in [1.54, 1.807) is 23.5 Å². The Hall–Kier alpha value is -1.06. The summed E-state index contributed by atoms with van der Waals surface area (Å²) >= 11 is 15.5. The predicted octanol–water partition coefficient (Wildman–Crippen LogP) is 7.30. The molecule has 22 heavy (non-hydrogen) atoms. The van der Waals surface area contributed by atoms with Crippen molar-refractivity contribution in [2.75, 3.05) is 0 Å².